The van der Waals surface area contributed by atoms with Crippen molar-refractivity contribution in [1.29, 1.82) is 0 Å². The maximum atomic E-state index is 11.6. The Balaban J connectivity index is 0. The Morgan fingerprint density at radius 1 is 0.821 bits per heavy atom. The quantitative estimate of drug-likeness (QED) is 0.276. The van der Waals surface area contributed by atoms with Crippen molar-refractivity contribution in [2.75, 3.05) is 58.9 Å². The number of aliphatic carboxylic acids is 4. The first-order valence-corrected chi connectivity index (χ1v) is 7.92. The summed E-state index contributed by atoms with van der Waals surface area (Å²) in [6.45, 7) is -0.980. The average Bonchev–Trinajstić information content (AvgIpc) is 2.51. The second kappa shape index (κ2) is 16.0. The summed E-state index contributed by atoms with van der Waals surface area (Å²) in [5.41, 5.74) is 0. The van der Waals surface area contributed by atoms with Gasteiger partial charge in [-0.05, 0) is 0 Å². The van der Waals surface area contributed by atoms with E-state index in [1.165, 1.54) is 4.90 Å². The van der Waals surface area contributed by atoms with Gasteiger partial charge in [0, 0.05) is 58.9 Å². The van der Waals surface area contributed by atoms with Crippen molar-refractivity contribution in [3.8, 4) is 0 Å². The van der Waals surface area contributed by atoms with E-state index in [9.17, 15) is 39.6 Å². The fourth-order valence-corrected chi connectivity index (χ4v) is 2.76. The summed E-state index contributed by atoms with van der Waals surface area (Å²) in [6.07, 6.45) is -1.37. The fourth-order valence-electron chi connectivity index (χ4n) is 2.76. The molecule has 0 amide bonds. The first-order valence-electron chi connectivity index (χ1n) is 7.92. The van der Waals surface area contributed by atoms with E-state index in [4.69, 9.17) is 0 Å². The van der Waals surface area contributed by atoms with Gasteiger partial charge in [0.25, 0.3) is 0 Å². The summed E-state index contributed by atoms with van der Waals surface area (Å²) in [5, 5.41) is 47.0. The first kappa shape index (κ1) is 30.4. The predicted molar refractivity (Wildman–Crippen MR) is 87.8 cm³/mol. The third-order valence-electron chi connectivity index (χ3n) is 3.80. The number of carboxylic acid groups (broad SMARTS) is 4. The first-order chi connectivity index (χ1) is 12.2. The molecule has 1 saturated heterocycles. The van der Waals surface area contributed by atoms with Gasteiger partial charge in [0.15, 0.2) is 0 Å². The molecule has 28 heavy (non-hydrogen) atoms. The van der Waals surface area contributed by atoms with Crippen molar-refractivity contribution < 1.29 is 39.6 Å². The molecule has 0 spiro atoms. The topological polar surface area (TPSA) is 182 Å². The molecule has 1 heterocycles. The Morgan fingerprint density at radius 3 is 1.68 bits per heavy atom. The second-order valence-electron chi connectivity index (χ2n) is 5.78. The maximum absolute atomic E-state index is 11.6. The van der Waals surface area contributed by atoms with Crippen LogP contribution in [0.5, 0.6) is 0 Å². The third-order valence-corrected chi connectivity index (χ3v) is 3.80. The normalized spacial score (nSPS) is 15.4. The van der Waals surface area contributed by atoms with Gasteiger partial charge >= 0.3 is 75.5 Å². The second-order valence-corrected chi connectivity index (χ2v) is 5.78. The largest absolute Gasteiger partial charge is 2.00 e. The van der Waals surface area contributed by atoms with E-state index >= 15 is 0 Å². The molecule has 14 heteroatoms. The summed E-state index contributed by atoms with van der Waals surface area (Å²) >= 11 is 0. The van der Waals surface area contributed by atoms with Crippen LogP contribution in [0, 0.1) is 0 Å². The van der Waals surface area contributed by atoms with Crippen LogP contribution in [0.3, 0.4) is 0 Å². The molecule has 0 aromatic rings. The van der Waals surface area contributed by atoms with Gasteiger partial charge < -0.3 is 44.9 Å². The molecule has 0 aromatic carbocycles. The summed E-state index contributed by atoms with van der Waals surface area (Å²) in [5.74, 6) is -6.11. The van der Waals surface area contributed by atoms with Crippen molar-refractivity contribution in [3.63, 3.8) is 0 Å². The van der Waals surface area contributed by atoms with Gasteiger partial charge in [-0.3, -0.25) is 14.7 Å². The molecule has 12 nitrogen and oxygen atoms in total. The van der Waals surface area contributed by atoms with Crippen molar-refractivity contribution in [3.05, 3.63) is 0 Å². The SMILES string of the molecule is O=C([O-])CN(CCN(CC(=O)[O-])C(C(=O)[O-])N1CCNCC1)CC(=O)[O-].[Ca+2].[Ca+2]. The van der Waals surface area contributed by atoms with Gasteiger partial charge in [-0.25, -0.2) is 0 Å². The molecule has 0 radical (unpaired) electrons. The Bertz CT molecular complexity index is 517. The molecule has 1 N–H and O–H groups in total. The molecular weight excluding hydrogens is 432 g/mol. The minimum Gasteiger partial charge on any atom is -0.549 e. The van der Waals surface area contributed by atoms with Crippen LogP contribution < -0.4 is 25.7 Å². The van der Waals surface area contributed by atoms with Crippen LogP contribution in [0.4, 0.5) is 0 Å². The van der Waals surface area contributed by atoms with Gasteiger partial charge in [-0.1, -0.05) is 0 Å². The summed E-state index contributed by atoms with van der Waals surface area (Å²) in [4.78, 5) is 47.5. The number of piperazine rings is 1. The number of carboxylic acids is 4. The predicted octanol–water partition coefficient (Wildman–Crippen LogP) is -8.94. The summed E-state index contributed by atoms with van der Waals surface area (Å²) in [6, 6.07) is 0. The smallest absolute Gasteiger partial charge is 0.549 e. The van der Waals surface area contributed by atoms with Crippen molar-refractivity contribution in [2.24, 2.45) is 0 Å². The van der Waals surface area contributed by atoms with Crippen molar-refractivity contribution in [2.45, 2.75) is 6.17 Å². The number of carbonyl (C=O) groups is 4. The molecule has 1 rings (SSSR count). The zero-order valence-electron chi connectivity index (χ0n) is 15.5. The average molecular weight is 452 g/mol. The molecular formula is C14H20Ca2N4O8. The molecule has 0 aliphatic carbocycles. The molecule has 1 aliphatic rings. The van der Waals surface area contributed by atoms with Crippen LogP contribution in [-0.2, 0) is 19.2 Å². The molecule has 1 fully saturated rings. The minimum atomic E-state index is -1.53. The van der Waals surface area contributed by atoms with E-state index in [0.29, 0.717) is 26.2 Å². The third kappa shape index (κ3) is 12.1. The van der Waals surface area contributed by atoms with E-state index in [-0.39, 0.29) is 88.6 Å². The summed E-state index contributed by atoms with van der Waals surface area (Å²) in [7, 11) is 0. The number of nitrogens with zero attached hydrogens (tertiary/aromatic N) is 3. The number of hydrogen-bond acceptors (Lipinski definition) is 12. The molecule has 0 aromatic heterocycles. The molecule has 1 aliphatic heterocycles. The van der Waals surface area contributed by atoms with Gasteiger partial charge in [-0.2, -0.15) is 0 Å². The van der Waals surface area contributed by atoms with Crippen LogP contribution in [0.15, 0.2) is 0 Å². The minimum absolute atomic E-state index is 0. The van der Waals surface area contributed by atoms with Crippen LogP contribution in [0.1, 0.15) is 0 Å². The van der Waals surface area contributed by atoms with E-state index in [1.54, 1.807) is 0 Å². The Hall–Kier alpha value is 0.239. The summed E-state index contributed by atoms with van der Waals surface area (Å²) < 4.78 is 0. The monoisotopic (exact) mass is 452 g/mol. The van der Waals surface area contributed by atoms with E-state index in [0.717, 1.165) is 9.80 Å². The molecule has 1 unspecified atom stereocenters. The van der Waals surface area contributed by atoms with E-state index in [1.807, 2.05) is 0 Å². The Labute approximate surface area is 221 Å². The number of carbonyl (C=O) groups excluding carboxylic acids is 4. The van der Waals surface area contributed by atoms with Gasteiger partial charge in [0.05, 0.1) is 23.9 Å². The van der Waals surface area contributed by atoms with Gasteiger partial charge in [0.2, 0.25) is 0 Å². The van der Waals surface area contributed by atoms with E-state index < -0.39 is 49.7 Å². The molecule has 0 bridgehead atoms. The number of hydrogen-bond donors (Lipinski definition) is 1. The maximum Gasteiger partial charge on any atom is 2.00 e. The standard InChI is InChI=1S/C14H24N4O8.2Ca/c19-10(20)7-16(8-11(21)22)5-6-18(9-12(23)24)13(14(25)26)17-3-1-15-2-4-17;;/h13,15H,1-9H2,(H,19,20)(H,21,22)(H,23,24)(H,25,26);;/q;2*+2/p-4. The van der Waals surface area contributed by atoms with Gasteiger partial charge in [0.1, 0.15) is 6.17 Å². The van der Waals surface area contributed by atoms with Crippen LogP contribution in [0.2, 0.25) is 0 Å². The van der Waals surface area contributed by atoms with E-state index in [2.05, 4.69) is 5.32 Å². The number of rotatable bonds is 12. The molecule has 148 valence electrons. The molecule has 1 atom stereocenters. The van der Waals surface area contributed by atoms with Crippen LogP contribution in [-0.4, -0.2) is 179 Å². The number of nitrogens with one attached hydrogen (secondary N) is 1. The Kier molecular flexibility index (Phi) is 17.4. The van der Waals surface area contributed by atoms with Crippen LogP contribution >= 0.6 is 0 Å². The van der Waals surface area contributed by atoms with Gasteiger partial charge in [-0.15, -0.1) is 0 Å². The van der Waals surface area contributed by atoms with Crippen molar-refractivity contribution in [1.82, 2.24) is 20.0 Å². The zero-order valence-corrected chi connectivity index (χ0v) is 19.9. The Morgan fingerprint density at radius 2 is 1.29 bits per heavy atom. The fraction of sp³-hybridized carbons (Fsp3) is 0.714. The molecule has 0 saturated carbocycles. The zero-order chi connectivity index (χ0) is 19.7. The van der Waals surface area contributed by atoms with Crippen LogP contribution in [0.25, 0.3) is 0 Å². The van der Waals surface area contributed by atoms with Crippen molar-refractivity contribution >= 4 is 99.4 Å².